The van der Waals surface area contributed by atoms with Crippen molar-refractivity contribution in [1.82, 2.24) is 4.98 Å². The highest BCUT2D eigenvalue weighted by atomic mass is 16.3. The number of nitrogens with zero attached hydrogens (tertiary/aromatic N) is 1. The molecule has 2 aromatic heterocycles. The minimum Gasteiger partial charge on any atom is -0.506 e. The van der Waals surface area contributed by atoms with E-state index in [0.29, 0.717) is 5.58 Å². The summed E-state index contributed by atoms with van der Waals surface area (Å²) in [5.41, 5.74) is 2.50. The molecular formula is C9H9NO2. The first-order valence-electron chi connectivity index (χ1n) is 3.73. The van der Waals surface area contributed by atoms with Crippen LogP contribution in [0.15, 0.2) is 16.7 Å². The molecule has 0 radical (unpaired) electrons. The zero-order valence-corrected chi connectivity index (χ0v) is 6.96. The minimum atomic E-state index is 0.135. The molecule has 0 saturated heterocycles. The van der Waals surface area contributed by atoms with E-state index < -0.39 is 0 Å². The maximum Gasteiger partial charge on any atom is 0.156 e. The maximum atomic E-state index is 9.11. The first-order chi connectivity index (χ1) is 5.68. The lowest BCUT2D eigenvalue weighted by molar-refractivity contribution is 0.471. The summed E-state index contributed by atoms with van der Waals surface area (Å²) >= 11 is 0. The van der Waals surface area contributed by atoms with Crippen LogP contribution in [0.2, 0.25) is 0 Å². The average Bonchev–Trinajstić information content (AvgIpc) is 2.28. The molecule has 0 saturated carbocycles. The zero-order chi connectivity index (χ0) is 8.72. The van der Waals surface area contributed by atoms with Crippen molar-refractivity contribution in [3.63, 3.8) is 0 Å². The maximum absolute atomic E-state index is 9.11. The molecule has 0 fully saturated rings. The van der Waals surface area contributed by atoms with Gasteiger partial charge >= 0.3 is 0 Å². The van der Waals surface area contributed by atoms with E-state index in [1.807, 2.05) is 13.8 Å². The van der Waals surface area contributed by atoms with Crippen LogP contribution in [-0.2, 0) is 0 Å². The largest absolute Gasteiger partial charge is 0.506 e. The molecule has 0 aliphatic rings. The van der Waals surface area contributed by atoms with Gasteiger partial charge in [-0.05, 0) is 13.8 Å². The van der Waals surface area contributed by atoms with Gasteiger partial charge in [-0.25, -0.2) is 4.98 Å². The van der Waals surface area contributed by atoms with Crippen molar-refractivity contribution >= 4 is 11.1 Å². The summed E-state index contributed by atoms with van der Waals surface area (Å²) in [5, 5.41) is 9.11. The van der Waals surface area contributed by atoms with E-state index in [0.717, 1.165) is 16.8 Å². The lowest BCUT2D eigenvalue weighted by atomic mass is 10.2. The van der Waals surface area contributed by atoms with Gasteiger partial charge in [-0.1, -0.05) is 0 Å². The summed E-state index contributed by atoms with van der Waals surface area (Å²) in [7, 11) is 0. The molecule has 0 bridgehead atoms. The number of hydrogen-bond acceptors (Lipinski definition) is 3. The Bertz CT molecular complexity index is 431. The molecule has 0 aromatic carbocycles. The van der Waals surface area contributed by atoms with Crippen molar-refractivity contribution in [2.24, 2.45) is 0 Å². The Morgan fingerprint density at radius 1 is 1.42 bits per heavy atom. The van der Waals surface area contributed by atoms with Crippen LogP contribution >= 0.6 is 0 Å². The normalized spacial score (nSPS) is 10.8. The monoisotopic (exact) mass is 163 g/mol. The van der Waals surface area contributed by atoms with E-state index >= 15 is 0 Å². The van der Waals surface area contributed by atoms with Gasteiger partial charge in [0.05, 0.1) is 6.20 Å². The number of fused-ring (bicyclic) bond motifs is 1. The lowest BCUT2D eigenvalue weighted by Crippen LogP contribution is -1.75. The third-order valence-electron chi connectivity index (χ3n) is 1.98. The van der Waals surface area contributed by atoms with Crippen LogP contribution < -0.4 is 0 Å². The highest BCUT2D eigenvalue weighted by Crippen LogP contribution is 2.24. The quantitative estimate of drug-likeness (QED) is 0.647. The first-order valence-corrected chi connectivity index (χ1v) is 3.73. The molecule has 0 unspecified atom stereocenters. The van der Waals surface area contributed by atoms with E-state index in [4.69, 9.17) is 9.52 Å². The fourth-order valence-electron chi connectivity index (χ4n) is 1.20. The Balaban J connectivity index is 2.87. The molecule has 2 heterocycles. The minimum absolute atomic E-state index is 0.135. The van der Waals surface area contributed by atoms with Crippen LogP contribution in [0, 0.1) is 13.8 Å². The SMILES string of the molecule is Cc1oc2cc(O)cnc2c1C. The van der Waals surface area contributed by atoms with Crippen molar-refractivity contribution in [2.75, 3.05) is 0 Å². The number of aryl methyl sites for hydroxylation is 2. The highest BCUT2D eigenvalue weighted by Gasteiger charge is 2.07. The molecule has 3 heteroatoms. The van der Waals surface area contributed by atoms with Crippen molar-refractivity contribution in [3.05, 3.63) is 23.6 Å². The Morgan fingerprint density at radius 2 is 2.17 bits per heavy atom. The van der Waals surface area contributed by atoms with Crippen LogP contribution in [0.3, 0.4) is 0 Å². The van der Waals surface area contributed by atoms with E-state index in [1.54, 1.807) is 6.07 Å². The van der Waals surface area contributed by atoms with Crippen molar-refractivity contribution in [1.29, 1.82) is 0 Å². The third-order valence-corrected chi connectivity index (χ3v) is 1.98. The fourth-order valence-corrected chi connectivity index (χ4v) is 1.20. The second-order valence-electron chi connectivity index (χ2n) is 2.82. The van der Waals surface area contributed by atoms with Gasteiger partial charge in [0.25, 0.3) is 0 Å². The molecule has 2 aromatic rings. The van der Waals surface area contributed by atoms with Gasteiger partial charge < -0.3 is 9.52 Å². The second kappa shape index (κ2) is 2.24. The lowest BCUT2D eigenvalue weighted by Gasteiger charge is -1.89. The van der Waals surface area contributed by atoms with E-state index in [1.165, 1.54) is 6.20 Å². The molecule has 0 aliphatic heterocycles. The van der Waals surface area contributed by atoms with Gasteiger partial charge in [-0.15, -0.1) is 0 Å². The molecular weight excluding hydrogens is 154 g/mol. The molecule has 62 valence electrons. The zero-order valence-electron chi connectivity index (χ0n) is 6.96. The van der Waals surface area contributed by atoms with E-state index in [9.17, 15) is 0 Å². The van der Waals surface area contributed by atoms with Crippen molar-refractivity contribution in [3.8, 4) is 5.75 Å². The molecule has 1 N–H and O–H groups in total. The second-order valence-corrected chi connectivity index (χ2v) is 2.82. The third kappa shape index (κ3) is 0.863. The summed E-state index contributed by atoms with van der Waals surface area (Å²) in [5.74, 6) is 0.986. The van der Waals surface area contributed by atoms with Crippen molar-refractivity contribution < 1.29 is 9.52 Å². The summed E-state index contributed by atoms with van der Waals surface area (Å²) in [6, 6.07) is 1.57. The topological polar surface area (TPSA) is 46.3 Å². The predicted molar refractivity (Wildman–Crippen MR) is 45.1 cm³/mol. The Hall–Kier alpha value is -1.51. The highest BCUT2D eigenvalue weighted by molar-refractivity contribution is 5.78. The molecule has 2 rings (SSSR count). The Kier molecular flexibility index (Phi) is 1.33. The number of rotatable bonds is 0. The number of aromatic nitrogens is 1. The van der Waals surface area contributed by atoms with Gasteiger partial charge in [0.15, 0.2) is 5.58 Å². The standard InChI is InChI=1S/C9H9NO2/c1-5-6(2)12-8-3-7(11)4-10-9(5)8/h3-4,11H,1-2H3. The summed E-state index contributed by atoms with van der Waals surface area (Å²) in [4.78, 5) is 4.06. The van der Waals surface area contributed by atoms with Crippen LogP contribution in [0.5, 0.6) is 5.75 Å². The Labute approximate surface area is 69.7 Å². The molecule has 0 aliphatic carbocycles. The fraction of sp³-hybridized carbons (Fsp3) is 0.222. The van der Waals surface area contributed by atoms with Crippen LogP contribution in [0.1, 0.15) is 11.3 Å². The van der Waals surface area contributed by atoms with Gasteiger partial charge in [0.1, 0.15) is 17.0 Å². The molecule has 0 atom stereocenters. The van der Waals surface area contributed by atoms with E-state index in [-0.39, 0.29) is 5.75 Å². The number of pyridine rings is 1. The van der Waals surface area contributed by atoms with Gasteiger partial charge in [0, 0.05) is 11.6 Å². The van der Waals surface area contributed by atoms with Crippen LogP contribution in [0.4, 0.5) is 0 Å². The van der Waals surface area contributed by atoms with Crippen LogP contribution in [0.25, 0.3) is 11.1 Å². The first kappa shape index (κ1) is 7.16. The summed E-state index contributed by atoms with van der Waals surface area (Å²) in [6.45, 7) is 3.83. The Morgan fingerprint density at radius 3 is 2.92 bits per heavy atom. The van der Waals surface area contributed by atoms with Gasteiger partial charge in [-0.2, -0.15) is 0 Å². The van der Waals surface area contributed by atoms with Gasteiger partial charge in [0.2, 0.25) is 0 Å². The number of furan rings is 1. The van der Waals surface area contributed by atoms with Crippen LogP contribution in [-0.4, -0.2) is 10.1 Å². The molecule has 3 nitrogen and oxygen atoms in total. The molecule has 12 heavy (non-hydrogen) atoms. The van der Waals surface area contributed by atoms with Gasteiger partial charge in [-0.3, -0.25) is 0 Å². The average molecular weight is 163 g/mol. The molecule has 0 spiro atoms. The van der Waals surface area contributed by atoms with Crippen molar-refractivity contribution in [2.45, 2.75) is 13.8 Å². The summed E-state index contributed by atoms with van der Waals surface area (Å²) < 4.78 is 5.36. The summed E-state index contributed by atoms with van der Waals surface area (Å²) in [6.07, 6.45) is 1.42. The predicted octanol–water partition coefficient (Wildman–Crippen LogP) is 2.15. The molecule has 0 amide bonds. The van der Waals surface area contributed by atoms with E-state index in [2.05, 4.69) is 4.98 Å². The number of aromatic hydroxyl groups is 1. The number of hydrogen-bond donors (Lipinski definition) is 1. The smallest absolute Gasteiger partial charge is 0.156 e.